The molecule has 1 fully saturated rings. The minimum atomic E-state index is 0.294. The molecule has 1 unspecified atom stereocenters. The van der Waals surface area contributed by atoms with Gasteiger partial charge in [0, 0.05) is 18.1 Å². The Bertz CT molecular complexity index is 397. The number of aromatic hydroxyl groups is 1. The first kappa shape index (κ1) is 14.4. The van der Waals surface area contributed by atoms with Gasteiger partial charge in [-0.05, 0) is 64.4 Å². The number of nitrogens with one attached hydrogen (secondary N) is 1. The molecule has 0 saturated carbocycles. The van der Waals surface area contributed by atoms with E-state index in [2.05, 4.69) is 37.1 Å². The fourth-order valence-corrected chi connectivity index (χ4v) is 2.83. The zero-order chi connectivity index (χ0) is 13.8. The summed E-state index contributed by atoms with van der Waals surface area (Å²) in [5, 5.41) is 13.2. The van der Waals surface area contributed by atoms with Crippen molar-refractivity contribution in [2.24, 2.45) is 0 Å². The van der Waals surface area contributed by atoms with Gasteiger partial charge in [0.2, 0.25) is 0 Å². The molecular formula is C16H26N2O. The van der Waals surface area contributed by atoms with E-state index < -0.39 is 0 Å². The first-order chi connectivity index (χ1) is 9.06. The van der Waals surface area contributed by atoms with E-state index in [9.17, 15) is 5.11 Å². The lowest BCUT2D eigenvalue weighted by atomic mass is 10.0. The van der Waals surface area contributed by atoms with Gasteiger partial charge < -0.3 is 15.3 Å². The molecule has 0 aromatic heterocycles. The number of hydrogen-bond acceptors (Lipinski definition) is 3. The van der Waals surface area contributed by atoms with Crippen LogP contribution in [0.4, 0.5) is 0 Å². The summed E-state index contributed by atoms with van der Waals surface area (Å²) in [6.45, 7) is 9.07. The van der Waals surface area contributed by atoms with Crippen LogP contribution in [0.3, 0.4) is 0 Å². The molecule has 1 aliphatic heterocycles. The van der Waals surface area contributed by atoms with E-state index in [-0.39, 0.29) is 0 Å². The third-order valence-corrected chi connectivity index (χ3v) is 4.12. The van der Waals surface area contributed by atoms with Gasteiger partial charge >= 0.3 is 0 Å². The van der Waals surface area contributed by atoms with Gasteiger partial charge in [-0.1, -0.05) is 12.1 Å². The number of benzene rings is 1. The highest BCUT2D eigenvalue weighted by atomic mass is 16.3. The van der Waals surface area contributed by atoms with E-state index in [4.69, 9.17) is 0 Å². The second kappa shape index (κ2) is 6.40. The Morgan fingerprint density at radius 1 is 1.21 bits per heavy atom. The van der Waals surface area contributed by atoms with Gasteiger partial charge in [0.25, 0.3) is 0 Å². The Labute approximate surface area is 116 Å². The van der Waals surface area contributed by atoms with Gasteiger partial charge in [-0.2, -0.15) is 0 Å². The highest BCUT2D eigenvalue weighted by Gasteiger charge is 2.22. The lowest BCUT2D eigenvalue weighted by Gasteiger charge is -2.36. The monoisotopic (exact) mass is 262 g/mol. The minimum absolute atomic E-state index is 0.294. The summed E-state index contributed by atoms with van der Waals surface area (Å²) in [6, 6.07) is 9.09. The predicted octanol–water partition coefficient (Wildman–Crippen LogP) is 2.92. The molecule has 1 aliphatic rings. The van der Waals surface area contributed by atoms with E-state index in [1.54, 1.807) is 6.07 Å². The molecule has 3 heteroatoms. The summed E-state index contributed by atoms with van der Waals surface area (Å²) in [6.07, 6.45) is 2.42. The fourth-order valence-electron chi connectivity index (χ4n) is 2.83. The third kappa shape index (κ3) is 3.95. The van der Waals surface area contributed by atoms with E-state index in [0.717, 1.165) is 5.56 Å². The van der Waals surface area contributed by atoms with Crippen molar-refractivity contribution in [1.82, 2.24) is 10.2 Å². The number of phenols is 1. The lowest BCUT2D eigenvalue weighted by Crippen LogP contribution is -2.45. The van der Waals surface area contributed by atoms with E-state index >= 15 is 0 Å². The van der Waals surface area contributed by atoms with Crippen LogP contribution in [0.15, 0.2) is 24.3 Å². The molecule has 0 radical (unpaired) electrons. The van der Waals surface area contributed by atoms with Crippen LogP contribution in [0.2, 0.25) is 0 Å². The molecule has 2 rings (SSSR count). The maximum Gasteiger partial charge on any atom is 0.115 e. The summed E-state index contributed by atoms with van der Waals surface area (Å²) in [7, 11) is 0. The molecule has 1 saturated heterocycles. The number of rotatable bonds is 4. The third-order valence-electron chi connectivity index (χ3n) is 4.12. The van der Waals surface area contributed by atoms with Gasteiger partial charge in [-0.25, -0.2) is 0 Å². The van der Waals surface area contributed by atoms with Crippen LogP contribution in [0.5, 0.6) is 5.75 Å². The zero-order valence-electron chi connectivity index (χ0n) is 12.3. The topological polar surface area (TPSA) is 35.5 Å². The average Bonchev–Trinajstić information content (AvgIpc) is 2.39. The van der Waals surface area contributed by atoms with Crippen molar-refractivity contribution >= 4 is 0 Å². The summed E-state index contributed by atoms with van der Waals surface area (Å²) >= 11 is 0. The molecule has 1 heterocycles. The standard InChI is InChI=1S/C16H26N2O/c1-12(2)18-9-7-15(8-10-18)17-13(3)14-5-4-6-16(19)11-14/h4-6,11-13,15,17,19H,7-10H2,1-3H3. The second-order valence-electron chi connectivity index (χ2n) is 5.89. The Balaban J connectivity index is 1.85. The summed E-state index contributed by atoms with van der Waals surface area (Å²) in [5.41, 5.74) is 1.16. The molecule has 1 atom stereocenters. The smallest absolute Gasteiger partial charge is 0.115 e. The summed E-state index contributed by atoms with van der Waals surface area (Å²) in [4.78, 5) is 2.54. The van der Waals surface area contributed by atoms with Crippen LogP contribution in [-0.2, 0) is 0 Å². The molecule has 106 valence electrons. The number of likely N-dealkylation sites (tertiary alicyclic amines) is 1. The largest absolute Gasteiger partial charge is 0.508 e. The zero-order valence-corrected chi connectivity index (χ0v) is 12.3. The van der Waals surface area contributed by atoms with Crippen molar-refractivity contribution in [2.75, 3.05) is 13.1 Å². The molecule has 1 aromatic rings. The highest BCUT2D eigenvalue weighted by molar-refractivity contribution is 5.29. The van der Waals surface area contributed by atoms with Crippen LogP contribution >= 0.6 is 0 Å². The second-order valence-corrected chi connectivity index (χ2v) is 5.89. The van der Waals surface area contributed by atoms with Crippen molar-refractivity contribution < 1.29 is 5.11 Å². The quantitative estimate of drug-likeness (QED) is 0.876. The molecule has 1 aromatic carbocycles. The molecule has 2 N–H and O–H groups in total. The van der Waals surface area contributed by atoms with Crippen molar-refractivity contribution in [1.29, 1.82) is 0 Å². The van der Waals surface area contributed by atoms with E-state index in [0.29, 0.717) is 23.9 Å². The number of piperidine rings is 1. The maximum atomic E-state index is 9.53. The summed E-state index contributed by atoms with van der Waals surface area (Å²) in [5.74, 6) is 0.348. The molecule has 19 heavy (non-hydrogen) atoms. The van der Waals surface area contributed by atoms with E-state index in [1.807, 2.05) is 12.1 Å². The first-order valence-electron chi connectivity index (χ1n) is 7.35. The Kier molecular flexibility index (Phi) is 4.83. The Morgan fingerprint density at radius 2 is 1.89 bits per heavy atom. The highest BCUT2D eigenvalue weighted by Crippen LogP contribution is 2.21. The molecule has 0 aliphatic carbocycles. The van der Waals surface area contributed by atoms with Crippen LogP contribution in [0.25, 0.3) is 0 Å². The normalized spacial score (nSPS) is 19.8. The van der Waals surface area contributed by atoms with Crippen LogP contribution in [0.1, 0.15) is 45.2 Å². The lowest BCUT2D eigenvalue weighted by molar-refractivity contribution is 0.157. The average molecular weight is 262 g/mol. The minimum Gasteiger partial charge on any atom is -0.508 e. The number of hydrogen-bond donors (Lipinski definition) is 2. The Hall–Kier alpha value is -1.06. The van der Waals surface area contributed by atoms with Gasteiger partial charge in [0.15, 0.2) is 0 Å². The SMILES string of the molecule is CC(NC1CCN(C(C)C)CC1)c1cccc(O)c1. The van der Waals surface area contributed by atoms with Gasteiger partial charge in [0.05, 0.1) is 0 Å². The molecule has 0 spiro atoms. The van der Waals surface area contributed by atoms with Crippen molar-refractivity contribution in [3.8, 4) is 5.75 Å². The molecular weight excluding hydrogens is 236 g/mol. The van der Waals surface area contributed by atoms with Gasteiger partial charge in [-0.3, -0.25) is 0 Å². The maximum absolute atomic E-state index is 9.53. The van der Waals surface area contributed by atoms with Crippen molar-refractivity contribution in [2.45, 2.75) is 51.7 Å². The van der Waals surface area contributed by atoms with E-state index in [1.165, 1.54) is 25.9 Å². The molecule has 3 nitrogen and oxygen atoms in total. The van der Waals surface area contributed by atoms with Crippen molar-refractivity contribution in [3.05, 3.63) is 29.8 Å². The van der Waals surface area contributed by atoms with Gasteiger partial charge in [0.1, 0.15) is 5.75 Å². The number of phenolic OH excluding ortho intramolecular Hbond substituents is 1. The van der Waals surface area contributed by atoms with Crippen LogP contribution in [0, 0.1) is 0 Å². The predicted molar refractivity (Wildman–Crippen MR) is 79.4 cm³/mol. The molecule has 0 bridgehead atoms. The van der Waals surface area contributed by atoms with Gasteiger partial charge in [-0.15, -0.1) is 0 Å². The number of nitrogens with zero attached hydrogens (tertiary/aromatic N) is 1. The van der Waals surface area contributed by atoms with Crippen molar-refractivity contribution in [3.63, 3.8) is 0 Å². The summed E-state index contributed by atoms with van der Waals surface area (Å²) < 4.78 is 0. The van der Waals surface area contributed by atoms with Crippen LogP contribution in [-0.4, -0.2) is 35.2 Å². The van der Waals surface area contributed by atoms with Crippen LogP contribution < -0.4 is 5.32 Å². The molecule has 0 amide bonds. The Morgan fingerprint density at radius 3 is 2.47 bits per heavy atom. The fraction of sp³-hybridized carbons (Fsp3) is 0.625. The first-order valence-corrected chi connectivity index (χ1v) is 7.35.